The minimum Gasteiger partial charge on any atom is -0.389 e. The zero-order valence-corrected chi connectivity index (χ0v) is 14.6. The molecule has 1 aromatic rings. The van der Waals surface area contributed by atoms with Gasteiger partial charge in [-0.3, -0.25) is 14.5 Å². The van der Waals surface area contributed by atoms with Crippen molar-refractivity contribution >= 4 is 0 Å². The number of piperazine rings is 1. The molecule has 0 radical (unpaired) electrons. The summed E-state index contributed by atoms with van der Waals surface area (Å²) < 4.78 is 13.0. The molecule has 0 aromatic carbocycles. The SMILES string of the molecule is Cn1cc(CN2CCN(C[C@H](O)COC[C@H]3CCCO3)CC2)cn1. The summed E-state index contributed by atoms with van der Waals surface area (Å²) in [5.41, 5.74) is 1.26. The van der Waals surface area contributed by atoms with Crippen LogP contribution in [-0.4, -0.2) is 89.4 Å². The van der Waals surface area contributed by atoms with Crippen molar-refractivity contribution in [3.8, 4) is 0 Å². The van der Waals surface area contributed by atoms with Crippen molar-refractivity contribution in [2.75, 3.05) is 52.5 Å². The molecule has 0 bridgehead atoms. The van der Waals surface area contributed by atoms with Gasteiger partial charge >= 0.3 is 0 Å². The second-order valence-corrected chi connectivity index (χ2v) is 6.93. The number of β-amino-alcohol motifs (C(OH)–C–C–N with tert-alkyl or cyclic N) is 1. The van der Waals surface area contributed by atoms with E-state index in [9.17, 15) is 5.11 Å². The van der Waals surface area contributed by atoms with Crippen molar-refractivity contribution in [3.63, 3.8) is 0 Å². The van der Waals surface area contributed by atoms with Gasteiger partial charge in [0.15, 0.2) is 0 Å². The summed E-state index contributed by atoms with van der Waals surface area (Å²) in [6.07, 6.45) is 6.02. The van der Waals surface area contributed by atoms with E-state index >= 15 is 0 Å². The normalized spacial score (nSPS) is 24.5. The van der Waals surface area contributed by atoms with Gasteiger partial charge in [0.25, 0.3) is 0 Å². The van der Waals surface area contributed by atoms with Gasteiger partial charge in [0.2, 0.25) is 0 Å². The van der Waals surface area contributed by atoms with Crippen LogP contribution in [0.3, 0.4) is 0 Å². The predicted molar refractivity (Wildman–Crippen MR) is 90.7 cm³/mol. The molecule has 0 saturated carbocycles. The van der Waals surface area contributed by atoms with Gasteiger partial charge in [0.05, 0.1) is 31.6 Å². The summed E-state index contributed by atoms with van der Waals surface area (Å²) >= 11 is 0. The Kier molecular flexibility index (Phi) is 6.62. The first-order chi connectivity index (χ1) is 11.7. The lowest BCUT2D eigenvalue weighted by Gasteiger charge is -2.35. The van der Waals surface area contributed by atoms with Gasteiger partial charge in [-0.25, -0.2) is 0 Å². The molecule has 7 nitrogen and oxygen atoms in total. The first-order valence-electron chi connectivity index (χ1n) is 8.98. The molecule has 3 heterocycles. The average molecular weight is 338 g/mol. The zero-order chi connectivity index (χ0) is 16.8. The highest BCUT2D eigenvalue weighted by atomic mass is 16.5. The number of rotatable bonds is 8. The molecular formula is C17H30N4O3. The van der Waals surface area contributed by atoms with E-state index in [0.29, 0.717) is 19.8 Å². The highest BCUT2D eigenvalue weighted by Crippen LogP contribution is 2.12. The van der Waals surface area contributed by atoms with Crippen molar-refractivity contribution in [1.82, 2.24) is 19.6 Å². The van der Waals surface area contributed by atoms with Gasteiger partial charge in [0.1, 0.15) is 0 Å². The van der Waals surface area contributed by atoms with Crippen molar-refractivity contribution in [2.45, 2.75) is 31.6 Å². The number of nitrogens with zero attached hydrogens (tertiary/aromatic N) is 4. The maximum absolute atomic E-state index is 10.1. The molecule has 0 amide bonds. The monoisotopic (exact) mass is 338 g/mol. The van der Waals surface area contributed by atoms with Gasteiger partial charge in [-0.1, -0.05) is 0 Å². The maximum atomic E-state index is 10.1. The number of ether oxygens (including phenoxy) is 2. The lowest BCUT2D eigenvalue weighted by atomic mass is 10.2. The third-order valence-corrected chi connectivity index (χ3v) is 4.74. The Morgan fingerprint density at radius 3 is 2.79 bits per heavy atom. The van der Waals surface area contributed by atoms with Crippen molar-refractivity contribution in [3.05, 3.63) is 18.0 Å². The first-order valence-corrected chi connectivity index (χ1v) is 8.98. The second-order valence-electron chi connectivity index (χ2n) is 6.93. The van der Waals surface area contributed by atoms with Gasteiger partial charge < -0.3 is 14.6 Å². The Morgan fingerprint density at radius 1 is 1.33 bits per heavy atom. The maximum Gasteiger partial charge on any atom is 0.0900 e. The second kappa shape index (κ2) is 8.92. The largest absolute Gasteiger partial charge is 0.389 e. The molecule has 1 N–H and O–H groups in total. The topological polar surface area (TPSA) is 63.0 Å². The van der Waals surface area contributed by atoms with Crippen LogP contribution in [0.15, 0.2) is 12.4 Å². The summed E-state index contributed by atoms with van der Waals surface area (Å²) in [5, 5.41) is 14.4. The summed E-state index contributed by atoms with van der Waals surface area (Å²) in [4.78, 5) is 4.76. The van der Waals surface area contributed by atoms with E-state index in [1.54, 1.807) is 0 Å². The van der Waals surface area contributed by atoms with Crippen LogP contribution in [0.2, 0.25) is 0 Å². The molecule has 3 rings (SSSR count). The van der Waals surface area contributed by atoms with E-state index in [2.05, 4.69) is 21.1 Å². The van der Waals surface area contributed by atoms with E-state index in [-0.39, 0.29) is 6.10 Å². The van der Waals surface area contributed by atoms with E-state index in [1.807, 2.05) is 17.9 Å². The number of aliphatic hydroxyl groups is 1. The molecule has 136 valence electrons. The average Bonchev–Trinajstić information content (AvgIpc) is 3.21. The van der Waals surface area contributed by atoms with Crippen LogP contribution in [0.5, 0.6) is 0 Å². The van der Waals surface area contributed by atoms with Crippen LogP contribution in [0.1, 0.15) is 18.4 Å². The highest BCUT2D eigenvalue weighted by molar-refractivity contribution is 5.03. The lowest BCUT2D eigenvalue weighted by molar-refractivity contribution is -0.0287. The van der Waals surface area contributed by atoms with E-state index in [0.717, 1.165) is 52.2 Å². The third-order valence-electron chi connectivity index (χ3n) is 4.74. The van der Waals surface area contributed by atoms with Crippen LogP contribution in [-0.2, 0) is 23.1 Å². The Hall–Kier alpha value is -0.990. The fourth-order valence-corrected chi connectivity index (χ4v) is 3.40. The Bertz CT molecular complexity index is 482. The van der Waals surface area contributed by atoms with Crippen molar-refractivity contribution in [2.24, 2.45) is 7.05 Å². The fraction of sp³-hybridized carbons (Fsp3) is 0.824. The van der Waals surface area contributed by atoms with E-state index < -0.39 is 6.10 Å². The number of aliphatic hydroxyl groups excluding tert-OH is 1. The standard InChI is InChI=1S/C17H30N4O3/c1-19-10-15(9-18-19)11-20-4-6-21(7-5-20)12-16(22)13-23-14-17-3-2-8-24-17/h9-10,16-17,22H,2-8,11-14H2,1H3/t16-,17+/m0/s1. The molecule has 1 aromatic heterocycles. The molecule has 2 aliphatic rings. The molecule has 7 heteroatoms. The minimum atomic E-state index is -0.420. The summed E-state index contributed by atoms with van der Waals surface area (Å²) in [6, 6.07) is 0. The smallest absolute Gasteiger partial charge is 0.0900 e. The first kappa shape index (κ1) is 17.8. The molecular weight excluding hydrogens is 308 g/mol. The van der Waals surface area contributed by atoms with Crippen molar-refractivity contribution in [1.29, 1.82) is 0 Å². The van der Waals surface area contributed by atoms with Crippen LogP contribution in [0.4, 0.5) is 0 Å². The molecule has 2 saturated heterocycles. The number of aromatic nitrogens is 2. The van der Waals surface area contributed by atoms with Gasteiger partial charge in [0, 0.05) is 64.7 Å². The molecule has 0 spiro atoms. The van der Waals surface area contributed by atoms with Crippen LogP contribution in [0, 0.1) is 0 Å². The zero-order valence-electron chi connectivity index (χ0n) is 14.6. The number of hydrogen-bond donors (Lipinski definition) is 1. The molecule has 0 aliphatic carbocycles. The molecule has 2 atom stereocenters. The minimum absolute atomic E-state index is 0.230. The Morgan fingerprint density at radius 2 is 2.12 bits per heavy atom. The predicted octanol–water partition coefficient (Wildman–Crippen LogP) is 0.0942. The molecule has 24 heavy (non-hydrogen) atoms. The van der Waals surface area contributed by atoms with Gasteiger partial charge in [-0.05, 0) is 12.8 Å². The van der Waals surface area contributed by atoms with Gasteiger partial charge in [-0.2, -0.15) is 5.10 Å². The van der Waals surface area contributed by atoms with Gasteiger partial charge in [-0.15, -0.1) is 0 Å². The summed E-state index contributed by atoms with van der Waals surface area (Å²) in [7, 11) is 1.95. The van der Waals surface area contributed by atoms with E-state index in [4.69, 9.17) is 9.47 Å². The highest BCUT2D eigenvalue weighted by Gasteiger charge is 2.20. The van der Waals surface area contributed by atoms with Crippen LogP contribution < -0.4 is 0 Å². The summed E-state index contributed by atoms with van der Waals surface area (Å²) in [5.74, 6) is 0. The Balaban J connectivity index is 1.28. The number of hydrogen-bond acceptors (Lipinski definition) is 6. The molecule has 2 fully saturated rings. The fourth-order valence-electron chi connectivity index (χ4n) is 3.40. The quantitative estimate of drug-likeness (QED) is 0.725. The van der Waals surface area contributed by atoms with Crippen LogP contribution >= 0.6 is 0 Å². The number of aryl methyl sites for hydroxylation is 1. The third kappa shape index (κ3) is 5.53. The molecule has 0 unspecified atom stereocenters. The Labute approximate surface area is 144 Å². The van der Waals surface area contributed by atoms with Crippen LogP contribution in [0.25, 0.3) is 0 Å². The summed E-state index contributed by atoms with van der Waals surface area (Å²) in [6.45, 7) is 7.52. The molecule has 2 aliphatic heterocycles. The van der Waals surface area contributed by atoms with Crippen molar-refractivity contribution < 1.29 is 14.6 Å². The van der Waals surface area contributed by atoms with E-state index in [1.165, 1.54) is 5.56 Å². The lowest BCUT2D eigenvalue weighted by Crippen LogP contribution is -2.48.